The molecule has 3 N–H and O–H groups in total. The molecule has 6 nitrogen and oxygen atoms in total. The Bertz CT molecular complexity index is 861. The molecule has 0 atom stereocenters. The minimum Gasteiger partial charge on any atom is -0.345 e. The number of carbonyl (C=O) groups is 3. The van der Waals surface area contributed by atoms with Gasteiger partial charge < -0.3 is 5.32 Å². The molecule has 0 radical (unpaired) electrons. The number of halogens is 1. The van der Waals surface area contributed by atoms with E-state index in [1.54, 1.807) is 6.07 Å². The fraction of sp³-hybridized carbons (Fsp3) is 0.211. The van der Waals surface area contributed by atoms with Crippen molar-refractivity contribution in [2.75, 3.05) is 0 Å². The fourth-order valence-corrected chi connectivity index (χ4v) is 2.34. The Hall–Kier alpha value is -3.22. The van der Waals surface area contributed by atoms with Crippen LogP contribution in [0.15, 0.2) is 42.5 Å². The normalized spacial score (nSPS) is 13.0. The number of nitrogens with one attached hydrogen (secondary N) is 3. The van der Waals surface area contributed by atoms with Gasteiger partial charge in [-0.1, -0.05) is 35.9 Å². The second kappa shape index (κ2) is 7.35. The third-order valence-electron chi connectivity index (χ3n) is 4.01. The van der Waals surface area contributed by atoms with Crippen molar-refractivity contribution >= 4 is 17.7 Å². The summed E-state index contributed by atoms with van der Waals surface area (Å²) in [5, 5.41) is 2.48. The Balaban J connectivity index is 1.63. The van der Waals surface area contributed by atoms with Gasteiger partial charge in [0.15, 0.2) is 0 Å². The smallest absolute Gasteiger partial charge is 0.327 e. The molecule has 1 aliphatic carbocycles. The van der Waals surface area contributed by atoms with Gasteiger partial charge in [0, 0.05) is 6.04 Å². The first-order valence-corrected chi connectivity index (χ1v) is 8.22. The van der Waals surface area contributed by atoms with Crippen molar-refractivity contribution in [1.82, 2.24) is 16.2 Å². The number of hydrogen-bond acceptors (Lipinski definition) is 3. The number of rotatable bonds is 3. The van der Waals surface area contributed by atoms with E-state index in [1.807, 2.05) is 42.0 Å². The summed E-state index contributed by atoms with van der Waals surface area (Å²) in [7, 11) is 0. The lowest BCUT2D eigenvalue weighted by Crippen LogP contribution is -2.49. The highest BCUT2D eigenvalue weighted by molar-refractivity contribution is 6.35. The number of amides is 3. The zero-order valence-corrected chi connectivity index (χ0v) is 14.1. The van der Waals surface area contributed by atoms with Crippen molar-refractivity contribution in [3.8, 4) is 11.1 Å². The predicted molar refractivity (Wildman–Crippen MR) is 93.3 cm³/mol. The number of benzene rings is 2. The van der Waals surface area contributed by atoms with Crippen molar-refractivity contribution in [3.63, 3.8) is 0 Å². The van der Waals surface area contributed by atoms with Gasteiger partial charge in [0.2, 0.25) is 0 Å². The SMILES string of the molecule is Cc1ccc(-c2ccc(C(=O)NNC(=O)C(=O)NC3CC3)c(F)c2)cc1. The molecular formula is C19H18FN3O3. The van der Waals surface area contributed by atoms with E-state index in [0.29, 0.717) is 5.56 Å². The minimum atomic E-state index is -0.998. The monoisotopic (exact) mass is 355 g/mol. The maximum absolute atomic E-state index is 14.3. The molecule has 0 aromatic heterocycles. The van der Waals surface area contributed by atoms with E-state index in [1.165, 1.54) is 12.1 Å². The van der Waals surface area contributed by atoms with Gasteiger partial charge in [-0.15, -0.1) is 0 Å². The summed E-state index contributed by atoms with van der Waals surface area (Å²) in [6, 6.07) is 11.8. The van der Waals surface area contributed by atoms with E-state index in [-0.39, 0.29) is 11.6 Å². The molecule has 7 heteroatoms. The molecule has 0 bridgehead atoms. The third-order valence-corrected chi connectivity index (χ3v) is 4.01. The van der Waals surface area contributed by atoms with Crippen LogP contribution in [-0.4, -0.2) is 23.8 Å². The van der Waals surface area contributed by atoms with Gasteiger partial charge in [-0.05, 0) is 43.0 Å². The standard InChI is InChI=1S/C19H18FN3O3/c1-11-2-4-12(5-3-11)13-6-9-15(16(20)10-13)17(24)22-23-19(26)18(25)21-14-7-8-14/h2-6,9-10,14H,7-8H2,1H3,(H,21,25)(H,22,24)(H,23,26). The molecule has 3 rings (SSSR count). The van der Waals surface area contributed by atoms with Gasteiger partial charge in [-0.25, -0.2) is 4.39 Å². The van der Waals surface area contributed by atoms with E-state index in [9.17, 15) is 18.8 Å². The zero-order chi connectivity index (χ0) is 18.7. The van der Waals surface area contributed by atoms with Crippen LogP contribution in [0.3, 0.4) is 0 Å². The van der Waals surface area contributed by atoms with Gasteiger partial charge in [0.25, 0.3) is 5.91 Å². The van der Waals surface area contributed by atoms with E-state index in [2.05, 4.69) is 5.32 Å². The van der Waals surface area contributed by atoms with E-state index >= 15 is 0 Å². The van der Waals surface area contributed by atoms with Crippen molar-refractivity contribution < 1.29 is 18.8 Å². The molecule has 0 aliphatic heterocycles. The van der Waals surface area contributed by atoms with Crippen molar-refractivity contribution in [3.05, 3.63) is 59.4 Å². The highest BCUT2D eigenvalue weighted by Crippen LogP contribution is 2.22. The number of carbonyl (C=O) groups excluding carboxylic acids is 3. The van der Waals surface area contributed by atoms with E-state index < -0.39 is 23.5 Å². The average Bonchev–Trinajstić information content (AvgIpc) is 3.43. The van der Waals surface area contributed by atoms with Crippen molar-refractivity contribution in [2.24, 2.45) is 0 Å². The summed E-state index contributed by atoms with van der Waals surface area (Å²) in [5.41, 5.74) is 6.33. The summed E-state index contributed by atoms with van der Waals surface area (Å²) in [6.45, 7) is 1.96. The third kappa shape index (κ3) is 4.24. The fourth-order valence-electron chi connectivity index (χ4n) is 2.34. The van der Waals surface area contributed by atoms with Crippen LogP contribution in [0.2, 0.25) is 0 Å². The van der Waals surface area contributed by atoms with Crippen molar-refractivity contribution in [1.29, 1.82) is 0 Å². The summed E-state index contributed by atoms with van der Waals surface area (Å²) in [5.74, 6) is -3.40. The van der Waals surface area contributed by atoms with Crippen LogP contribution in [0.1, 0.15) is 28.8 Å². The van der Waals surface area contributed by atoms with Gasteiger partial charge in [-0.2, -0.15) is 0 Å². The first-order valence-electron chi connectivity index (χ1n) is 8.22. The second-order valence-electron chi connectivity index (χ2n) is 6.22. The Labute approximate surface area is 149 Å². The van der Waals surface area contributed by atoms with Crippen LogP contribution in [0.25, 0.3) is 11.1 Å². The average molecular weight is 355 g/mol. The molecular weight excluding hydrogens is 337 g/mol. The maximum Gasteiger partial charge on any atom is 0.327 e. The quantitative estimate of drug-likeness (QED) is 0.580. The van der Waals surface area contributed by atoms with Crippen LogP contribution in [-0.2, 0) is 9.59 Å². The summed E-state index contributed by atoms with van der Waals surface area (Å²) in [6.07, 6.45) is 1.67. The molecule has 1 saturated carbocycles. The van der Waals surface area contributed by atoms with Gasteiger partial charge in [-0.3, -0.25) is 25.2 Å². The number of aryl methyl sites for hydroxylation is 1. The molecule has 2 aromatic carbocycles. The molecule has 26 heavy (non-hydrogen) atoms. The van der Waals surface area contributed by atoms with Crippen LogP contribution in [0, 0.1) is 12.7 Å². The molecule has 1 aliphatic rings. The largest absolute Gasteiger partial charge is 0.345 e. The predicted octanol–water partition coefficient (Wildman–Crippen LogP) is 1.84. The Morgan fingerprint density at radius 1 is 0.923 bits per heavy atom. The molecule has 134 valence electrons. The molecule has 0 spiro atoms. The maximum atomic E-state index is 14.3. The van der Waals surface area contributed by atoms with Gasteiger partial charge in [0.1, 0.15) is 5.82 Å². The molecule has 2 aromatic rings. The highest BCUT2D eigenvalue weighted by atomic mass is 19.1. The zero-order valence-electron chi connectivity index (χ0n) is 14.1. The lowest BCUT2D eigenvalue weighted by atomic mass is 10.0. The van der Waals surface area contributed by atoms with Crippen LogP contribution in [0.5, 0.6) is 0 Å². The van der Waals surface area contributed by atoms with Crippen LogP contribution < -0.4 is 16.2 Å². The number of hydrazine groups is 1. The van der Waals surface area contributed by atoms with Gasteiger partial charge in [0.05, 0.1) is 5.56 Å². The molecule has 0 saturated heterocycles. The first kappa shape index (κ1) is 17.6. The highest BCUT2D eigenvalue weighted by Gasteiger charge is 2.26. The molecule has 0 unspecified atom stereocenters. The Kier molecular flexibility index (Phi) is 4.97. The second-order valence-corrected chi connectivity index (χ2v) is 6.22. The summed E-state index contributed by atoms with van der Waals surface area (Å²) < 4.78 is 14.3. The Morgan fingerprint density at radius 2 is 1.58 bits per heavy atom. The van der Waals surface area contributed by atoms with Crippen LogP contribution in [0.4, 0.5) is 4.39 Å². The first-order chi connectivity index (χ1) is 12.4. The molecule has 1 fully saturated rings. The van der Waals surface area contributed by atoms with E-state index in [0.717, 1.165) is 24.0 Å². The van der Waals surface area contributed by atoms with Gasteiger partial charge >= 0.3 is 11.8 Å². The molecule has 0 heterocycles. The lowest BCUT2D eigenvalue weighted by molar-refractivity contribution is -0.139. The number of hydrogen-bond donors (Lipinski definition) is 3. The van der Waals surface area contributed by atoms with E-state index in [4.69, 9.17) is 0 Å². The molecule has 3 amide bonds. The summed E-state index contributed by atoms with van der Waals surface area (Å²) in [4.78, 5) is 35.1. The topological polar surface area (TPSA) is 87.3 Å². The minimum absolute atomic E-state index is 0.0238. The van der Waals surface area contributed by atoms with Crippen LogP contribution >= 0.6 is 0 Å². The Morgan fingerprint density at radius 3 is 2.19 bits per heavy atom. The summed E-state index contributed by atoms with van der Waals surface area (Å²) >= 11 is 0. The lowest BCUT2D eigenvalue weighted by Gasteiger charge is -2.09. The van der Waals surface area contributed by atoms with Crippen molar-refractivity contribution in [2.45, 2.75) is 25.8 Å².